The van der Waals surface area contributed by atoms with Crippen molar-refractivity contribution in [3.8, 4) is 11.4 Å². The van der Waals surface area contributed by atoms with Crippen LogP contribution >= 0.6 is 0 Å². The van der Waals surface area contributed by atoms with Gasteiger partial charge in [-0.15, -0.1) is 0 Å². The summed E-state index contributed by atoms with van der Waals surface area (Å²) >= 11 is -0.701. The fraction of sp³-hybridized carbons (Fsp3) is 0.286. The lowest BCUT2D eigenvalue weighted by molar-refractivity contribution is 0.102. The van der Waals surface area contributed by atoms with Gasteiger partial charge in [0.15, 0.2) is 0 Å². The molecular weight excluding hydrogens is 386 g/mol. The van der Waals surface area contributed by atoms with Crippen molar-refractivity contribution in [1.29, 1.82) is 0 Å². The van der Waals surface area contributed by atoms with E-state index in [0.717, 1.165) is 36.4 Å². The van der Waals surface area contributed by atoms with Gasteiger partial charge in [-0.1, -0.05) is 24.2 Å². The van der Waals surface area contributed by atoms with Crippen LogP contribution in [-0.4, -0.2) is 50.2 Å². The molecule has 150 valence electrons. The first-order valence-corrected chi connectivity index (χ1v) is 11.1. The first-order valence-electron chi connectivity index (χ1n) is 9.65. The van der Waals surface area contributed by atoms with Crippen LogP contribution in [0.1, 0.15) is 23.0 Å². The minimum atomic E-state index is -0.701. The van der Waals surface area contributed by atoms with Gasteiger partial charge in [-0.3, -0.25) is 9.89 Å². The van der Waals surface area contributed by atoms with Crippen molar-refractivity contribution in [3.63, 3.8) is 0 Å². The van der Waals surface area contributed by atoms with Crippen molar-refractivity contribution < 1.29 is 9.35 Å². The Morgan fingerprint density at radius 3 is 2.76 bits per heavy atom. The minimum Gasteiger partial charge on any atom is -0.616 e. The third kappa shape index (κ3) is 4.44. The van der Waals surface area contributed by atoms with E-state index in [0.29, 0.717) is 28.6 Å². The monoisotopic (exact) mass is 409 g/mol. The molecule has 0 spiro atoms. The number of pyridine rings is 1. The van der Waals surface area contributed by atoms with Crippen LogP contribution in [0.3, 0.4) is 0 Å². The van der Waals surface area contributed by atoms with Gasteiger partial charge >= 0.3 is 0 Å². The van der Waals surface area contributed by atoms with Gasteiger partial charge in [0.05, 0.1) is 18.8 Å². The first kappa shape index (κ1) is 19.5. The van der Waals surface area contributed by atoms with Crippen LogP contribution in [0, 0.1) is 0 Å². The molecule has 0 unspecified atom stereocenters. The lowest BCUT2D eigenvalue weighted by atomic mass is 10.1. The van der Waals surface area contributed by atoms with Crippen LogP contribution in [0.2, 0.25) is 0 Å². The highest BCUT2D eigenvalue weighted by atomic mass is 32.2. The number of carbonyl (C=O) groups is 1. The van der Waals surface area contributed by atoms with Crippen LogP contribution in [0.5, 0.6) is 0 Å². The maximum atomic E-state index is 12.8. The molecule has 1 aliphatic rings. The lowest BCUT2D eigenvalue weighted by Crippen LogP contribution is -2.40. The van der Waals surface area contributed by atoms with Crippen molar-refractivity contribution >= 4 is 28.5 Å². The number of anilines is 2. The average Bonchev–Trinajstić information content (AvgIpc) is 3.30. The highest BCUT2D eigenvalue weighted by molar-refractivity contribution is 7.91. The van der Waals surface area contributed by atoms with Gasteiger partial charge in [-0.2, -0.15) is 5.10 Å². The number of carbonyl (C=O) groups excluding carboxylic acids is 1. The van der Waals surface area contributed by atoms with E-state index in [4.69, 9.17) is 0 Å². The zero-order chi connectivity index (χ0) is 20.2. The molecule has 1 saturated heterocycles. The van der Waals surface area contributed by atoms with Crippen LogP contribution in [-0.2, 0) is 17.6 Å². The Bertz CT molecular complexity index is 984. The Morgan fingerprint density at radius 1 is 1.21 bits per heavy atom. The average molecular weight is 410 g/mol. The van der Waals surface area contributed by atoms with Gasteiger partial charge in [0.2, 0.25) is 0 Å². The van der Waals surface area contributed by atoms with E-state index < -0.39 is 11.2 Å². The van der Waals surface area contributed by atoms with Gasteiger partial charge in [0.25, 0.3) is 5.91 Å². The smallest absolute Gasteiger partial charge is 0.274 e. The second kappa shape index (κ2) is 8.67. The summed E-state index contributed by atoms with van der Waals surface area (Å²) in [6, 6.07) is 13.2. The summed E-state index contributed by atoms with van der Waals surface area (Å²) < 4.78 is 11.6. The van der Waals surface area contributed by atoms with Crippen molar-refractivity contribution in [3.05, 3.63) is 59.9 Å². The number of H-pyrrole nitrogens is 1. The molecule has 0 saturated carbocycles. The number of hydrogen-bond donors (Lipinski definition) is 2. The van der Waals surface area contributed by atoms with E-state index in [9.17, 15) is 9.35 Å². The first-order chi connectivity index (χ1) is 14.1. The van der Waals surface area contributed by atoms with Crippen LogP contribution in [0.4, 0.5) is 11.4 Å². The molecule has 2 N–H and O–H groups in total. The second-order valence-electron chi connectivity index (χ2n) is 6.85. The normalized spacial score (nSPS) is 14.8. The topological polar surface area (TPSA) is 97.0 Å². The third-order valence-corrected chi connectivity index (χ3v) is 6.28. The molecule has 7 nitrogen and oxygen atoms in total. The fourth-order valence-corrected chi connectivity index (χ4v) is 4.43. The quantitative estimate of drug-likeness (QED) is 0.632. The number of amides is 1. The third-order valence-electron chi connectivity index (χ3n) is 5.01. The molecule has 0 radical (unpaired) electrons. The highest BCUT2D eigenvalue weighted by Gasteiger charge is 2.20. The summed E-state index contributed by atoms with van der Waals surface area (Å²) in [6.07, 6.45) is 2.52. The molecular formula is C21H23N5O2S. The Morgan fingerprint density at radius 2 is 2.03 bits per heavy atom. The molecule has 29 heavy (non-hydrogen) atoms. The summed E-state index contributed by atoms with van der Waals surface area (Å²) in [7, 11) is 0. The number of nitrogens with zero attached hydrogens (tertiary/aromatic N) is 3. The molecule has 1 aliphatic heterocycles. The Labute approximate surface area is 172 Å². The predicted octanol–water partition coefficient (Wildman–Crippen LogP) is 2.86. The lowest BCUT2D eigenvalue weighted by Gasteiger charge is -2.30. The maximum absolute atomic E-state index is 12.8. The molecule has 1 amide bonds. The largest absolute Gasteiger partial charge is 0.616 e. The van der Waals surface area contributed by atoms with Gasteiger partial charge in [0, 0.05) is 17.6 Å². The molecule has 1 fully saturated rings. The van der Waals surface area contributed by atoms with Crippen LogP contribution in [0.15, 0.2) is 48.7 Å². The molecule has 0 aliphatic carbocycles. The SMILES string of the molecule is CCc1cc(N2CC[S+]([O-])CC2)ccc1NC(=O)c1cccc(-c2cc[nH]n2)n1. The second-order valence-corrected chi connectivity index (χ2v) is 8.55. The number of aromatic nitrogens is 3. The van der Waals surface area contributed by atoms with Crippen LogP contribution < -0.4 is 10.2 Å². The molecule has 2 aromatic heterocycles. The van der Waals surface area contributed by atoms with E-state index >= 15 is 0 Å². The highest BCUT2D eigenvalue weighted by Crippen LogP contribution is 2.26. The van der Waals surface area contributed by atoms with E-state index in [1.54, 1.807) is 18.3 Å². The summed E-state index contributed by atoms with van der Waals surface area (Å²) in [4.78, 5) is 19.5. The van der Waals surface area contributed by atoms with Gasteiger partial charge in [-0.25, -0.2) is 4.98 Å². The standard InChI is InChI=1S/C21H23N5O2S/c1-2-15-14-16(26-10-12-29(28)13-11-26)6-7-17(15)24-21(27)20-5-3-4-18(23-20)19-8-9-22-25-19/h3-9,14H,2,10-13H2,1H3,(H,22,25)(H,24,27). The summed E-state index contributed by atoms with van der Waals surface area (Å²) in [5.41, 5.74) is 4.64. The van der Waals surface area contributed by atoms with Crippen molar-refractivity contribution in [2.45, 2.75) is 13.3 Å². The van der Waals surface area contributed by atoms with E-state index in [-0.39, 0.29) is 5.91 Å². The van der Waals surface area contributed by atoms with E-state index in [2.05, 4.69) is 38.4 Å². The molecule has 8 heteroatoms. The number of rotatable bonds is 5. The molecule has 1 aromatic carbocycles. The van der Waals surface area contributed by atoms with Gasteiger partial charge < -0.3 is 14.8 Å². The van der Waals surface area contributed by atoms with Crippen LogP contribution in [0.25, 0.3) is 11.4 Å². The number of aromatic amines is 1. The van der Waals surface area contributed by atoms with E-state index in [1.807, 2.05) is 24.3 Å². The Balaban J connectivity index is 1.51. The maximum Gasteiger partial charge on any atom is 0.274 e. The van der Waals surface area contributed by atoms with Crippen molar-refractivity contribution in [2.24, 2.45) is 0 Å². The summed E-state index contributed by atoms with van der Waals surface area (Å²) in [5, 5.41) is 9.86. The summed E-state index contributed by atoms with van der Waals surface area (Å²) in [6.45, 7) is 3.66. The van der Waals surface area contributed by atoms with Gasteiger partial charge in [-0.05, 0) is 48.4 Å². The van der Waals surface area contributed by atoms with E-state index in [1.165, 1.54) is 0 Å². The van der Waals surface area contributed by atoms with Gasteiger partial charge in [0.1, 0.15) is 22.9 Å². The predicted molar refractivity (Wildman–Crippen MR) is 116 cm³/mol. The summed E-state index contributed by atoms with van der Waals surface area (Å²) in [5.74, 6) is 1.16. The molecule has 0 bridgehead atoms. The number of aryl methyl sites for hydroxylation is 1. The molecule has 0 atom stereocenters. The zero-order valence-electron chi connectivity index (χ0n) is 16.2. The Kier molecular flexibility index (Phi) is 5.82. The number of nitrogens with one attached hydrogen (secondary N) is 2. The minimum absolute atomic E-state index is 0.252. The zero-order valence-corrected chi connectivity index (χ0v) is 17.0. The number of hydrogen-bond acceptors (Lipinski definition) is 5. The molecule has 3 heterocycles. The number of benzene rings is 1. The molecule has 3 aromatic rings. The van der Waals surface area contributed by atoms with Crippen molar-refractivity contribution in [1.82, 2.24) is 15.2 Å². The fourth-order valence-electron chi connectivity index (χ4n) is 3.38. The molecule has 4 rings (SSSR count). The van der Waals surface area contributed by atoms with Crippen molar-refractivity contribution in [2.75, 3.05) is 34.8 Å². The Hall–Kier alpha value is -2.84.